The van der Waals surface area contributed by atoms with Crippen LogP contribution in [0.3, 0.4) is 0 Å². The summed E-state index contributed by atoms with van der Waals surface area (Å²) in [5.74, 6) is -0.408. The molecule has 49 heavy (non-hydrogen) atoms. The molecule has 2 amide bonds. The number of hydrogen-bond acceptors (Lipinski definition) is 8. The molecule has 262 valence electrons. The Hall–Kier alpha value is -3.80. The first-order chi connectivity index (χ1) is 23.9. The van der Waals surface area contributed by atoms with Gasteiger partial charge in [-0.3, -0.25) is 4.90 Å². The van der Waals surface area contributed by atoms with Gasteiger partial charge in [-0.2, -0.15) is 0 Å². The van der Waals surface area contributed by atoms with E-state index in [4.69, 9.17) is 14.2 Å². The van der Waals surface area contributed by atoms with E-state index in [9.17, 15) is 14.7 Å². The van der Waals surface area contributed by atoms with E-state index < -0.39 is 24.3 Å². The van der Waals surface area contributed by atoms with Crippen molar-refractivity contribution in [2.24, 2.45) is 5.92 Å². The molecule has 3 aromatic rings. The fraction of sp³-hybridized carbons (Fsp3) is 0.487. The topological polar surface area (TPSA) is 113 Å². The summed E-state index contributed by atoms with van der Waals surface area (Å²) in [5.41, 5.74) is 4.26. The van der Waals surface area contributed by atoms with E-state index in [0.29, 0.717) is 18.2 Å². The number of amides is 2. The molecule has 3 fully saturated rings. The number of methoxy groups -OCH3 is 1. The molecule has 0 aliphatic carbocycles. The lowest BCUT2D eigenvalue weighted by molar-refractivity contribution is -0.276. The maximum Gasteiger partial charge on any atom is 0.328 e. The number of esters is 1. The Labute approximate surface area is 289 Å². The van der Waals surface area contributed by atoms with E-state index in [1.54, 1.807) is 0 Å². The number of aliphatic hydroxyl groups is 1. The first-order valence-corrected chi connectivity index (χ1v) is 17.7. The number of carbonyl (C=O) groups is 2. The maximum absolute atomic E-state index is 12.9. The van der Waals surface area contributed by atoms with Gasteiger partial charge in [-0.15, -0.1) is 0 Å². The van der Waals surface area contributed by atoms with Crippen LogP contribution < -0.4 is 10.6 Å². The van der Waals surface area contributed by atoms with Gasteiger partial charge in [0.25, 0.3) is 0 Å². The van der Waals surface area contributed by atoms with Gasteiger partial charge in [0.15, 0.2) is 6.29 Å². The zero-order chi connectivity index (χ0) is 34.2. The molecule has 3 aliphatic heterocycles. The van der Waals surface area contributed by atoms with Crippen molar-refractivity contribution in [2.75, 3.05) is 45.2 Å². The number of nitrogens with zero attached hydrogens (tertiary/aromatic N) is 2. The Bertz CT molecular complexity index is 1500. The van der Waals surface area contributed by atoms with Crippen LogP contribution in [0.15, 0.2) is 78.9 Å². The van der Waals surface area contributed by atoms with Crippen LogP contribution in [-0.2, 0) is 32.0 Å². The molecule has 0 spiro atoms. The molecular weight excluding hydrogens is 620 g/mol. The van der Waals surface area contributed by atoms with E-state index in [1.165, 1.54) is 45.9 Å². The smallest absolute Gasteiger partial charge is 0.328 e. The molecule has 6 rings (SSSR count). The zero-order valence-electron chi connectivity index (χ0n) is 28.6. The molecule has 0 bridgehead atoms. The quantitative estimate of drug-likeness (QED) is 0.219. The molecular formula is C39H50N4O6. The van der Waals surface area contributed by atoms with E-state index in [-0.39, 0.29) is 24.7 Å². The van der Waals surface area contributed by atoms with Gasteiger partial charge in [0, 0.05) is 42.7 Å². The molecule has 0 radical (unpaired) electrons. The van der Waals surface area contributed by atoms with Crippen molar-refractivity contribution < 1.29 is 28.9 Å². The van der Waals surface area contributed by atoms with Crippen molar-refractivity contribution in [1.82, 2.24) is 15.1 Å². The Morgan fingerprint density at radius 3 is 2.29 bits per heavy atom. The van der Waals surface area contributed by atoms with Gasteiger partial charge in [0.1, 0.15) is 6.04 Å². The Balaban J connectivity index is 1.14. The number of carbonyl (C=O) groups excluding carboxylic acids is 2. The number of anilines is 1. The van der Waals surface area contributed by atoms with Crippen molar-refractivity contribution in [3.05, 3.63) is 101 Å². The van der Waals surface area contributed by atoms with Crippen LogP contribution in [0.2, 0.25) is 0 Å². The molecule has 6 atom stereocenters. The number of ether oxygens (including phenoxy) is 3. The fourth-order valence-corrected chi connectivity index (χ4v) is 7.40. The van der Waals surface area contributed by atoms with E-state index in [1.807, 2.05) is 78.9 Å². The van der Waals surface area contributed by atoms with Crippen molar-refractivity contribution >= 4 is 17.7 Å². The van der Waals surface area contributed by atoms with E-state index in [2.05, 4.69) is 27.4 Å². The van der Waals surface area contributed by atoms with Crippen LogP contribution >= 0.6 is 0 Å². The number of nitrogens with one attached hydrogen (secondary N) is 2. The molecule has 3 heterocycles. The average molecular weight is 671 g/mol. The first kappa shape index (κ1) is 35.0. The molecule has 3 saturated heterocycles. The third-order valence-electron chi connectivity index (χ3n) is 10.2. The predicted octanol–water partition coefficient (Wildman–Crippen LogP) is 5.44. The van der Waals surface area contributed by atoms with Crippen LogP contribution in [-0.4, -0.2) is 84.9 Å². The molecule has 3 aromatic carbocycles. The lowest BCUT2D eigenvalue weighted by Crippen LogP contribution is -2.48. The predicted molar refractivity (Wildman–Crippen MR) is 188 cm³/mol. The van der Waals surface area contributed by atoms with Gasteiger partial charge >= 0.3 is 12.0 Å². The highest BCUT2D eigenvalue weighted by Crippen LogP contribution is 2.42. The Kier molecular flexibility index (Phi) is 12.0. The minimum absolute atomic E-state index is 0.00212. The summed E-state index contributed by atoms with van der Waals surface area (Å²) < 4.78 is 18.4. The maximum atomic E-state index is 12.9. The third-order valence-corrected chi connectivity index (χ3v) is 10.2. The summed E-state index contributed by atoms with van der Waals surface area (Å²) in [6.45, 7) is 7.66. The summed E-state index contributed by atoms with van der Waals surface area (Å²) in [7, 11) is 1.31. The number of urea groups is 1. The highest BCUT2D eigenvalue weighted by molar-refractivity contribution is 5.92. The van der Waals surface area contributed by atoms with E-state index in [0.717, 1.165) is 41.9 Å². The van der Waals surface area contributed by atoms with Crippen molar-refractivity contribution in [3.63, 3.8) is 0 Å². The SMILES string of the molecule is COC(=O)C(Cc1ccccc1)NC(=O)Nc1ccc(C2OC(CN3CCCC3CN3CCCC3)C(C)C(c3ccc(CO)cc3)O2)cc1. The Morgan fingerprint density at radius 2 is 1.59 bits per heavy atom. The summed E-state index contributed by atoms with van der Waals surface area (Å²) in [4.78, 5) is 30.6. The second-order valence-electron chi connectivity index (χ2n) is 13.6. The van der Waals surface area contributed by atoms with E-state index >= 15 is 0 Å². The number of hydrogen-bond donors (Lipinski definition) is 3. The highest BCUT2D eigenvalue weighted by Gasteiger charge is 2.41. The molecule has 10 nitrogen and oxygen atoms in total. The van der Waals surface area contributed by atoms with Crippen molar-refractivity contribution in [3.8, 4) is 0 Å². The van der Waals surface area contributed by atoms with Crippen LogP contribution in [0.1, 0.15) is 67.3 Å². The highest BCUT2D eigenvalue weighted by atomic mass is 16.7. The van der Waals surface area contributed by atoms with Crippen LogP contribution in [0.25, 0.3) is 0 Å². The lowest BCUT2D eigenvalue weighted by atomic mass is 9.90. The number of aliphatic hydroxyl groups excluding tert-OH is 1. The minimum Gasteiger partial charge on any atom is -0.467 e. The van der Waals surface area contributed by atoms with Crippen LogP contribution in [0.5, 0.6) is 0 Å². The lowest BCUT2D eigenvalue weighted by Gasteiger charge is -2.43. The van der Waals surface area contributed by atoms with Gasteiger partial charge in [0.2, 0.25) is 0 Å². The fourth-order valence-electron chi connectivity index (χ4n) is 7.40. The third kappa shape index (κ3) is 9.06. The largest absolute Gasteiger partial charge is 0.467 e. The molecule has 3 N–H and O–H groups in total. The number of benzene rings is 3. The van der Waals surface area contributed by atoms with Gasteiger partial charge < -0.3 is 34.9 Å². The van der Waals surface area contributed by atoms with Gasteiger partial charge in [-0.05, 0) is 74.1 Å². The monoisotopic (exact) mass is 670 g/mol. The molecule has 10 heteroatoms. The summed E-state index contributed by atoms with van der Waals surface area (Å²) in [6.07, 6.45) is 4.50. The summed E-state index contributed by atoms with van der Waals surface area (Å²) >= 11 is 0. The Morgan fingerprint density at radius 1 is 0.878 bits per heavy atom. The van der Waals surface area contributed by atoms with Crippen LogP contribution in [0.4, 0.5) is 10.5 Å². The van der Waals surface area contributed by atoms with Crippen LogP contribution in [0, 0.1) is 5.92 Å². The number of rotatable bonds is 12. The second-order valence-corrected chi connectivity index (χ2v) is 13.6. The standard InChI is InChI=1S/C39H50N4O6/c1-27-35(25-43-22-8-11-33(43)24-42-20-6-7-21-42)48-38(49-36(27)30-14-12-29(26-44)13-15-30)31-16-18-32(19-17-31)40-39(46)41-34(37(45)47-2)23-28-9-4-3-5-10-28/h3-5,9-10,12-19,27,33-36,38,44H,6-8,11,20-26H2,1-2H3,(H2,40,41,46). The normalized spacial score (nSPS) is 25.2. The zero-order valence-corrected chi connectivity index (χ0v) is 28.6. The summed E-state index contributed by atoms with van der Waals surface area (Å²) in [6, 6.07) is 24.1. The van der Waals surface area contributed by atoms with Gasteiger partial charge in [0.05, 0.1) is 25.9 Å². The molecule has 6 unspecified atom stereocenters. The number of likely N-dealkylation sites (tertiary alicyclic amines) is 2. The minimum atomic E-state index is -0.830. The average Bonchev–Trinajstić information content (AvgIpc) is 3.81. The summed E-state index contributed by atoms with van der Waals surface area (Å²) in [5, 5.41) is 15.2. The molecule has 0 saturated carbocycles. The van der Waals surface area contributed by atoms with Gasteiger partial charge in [-0.1, -0.05) is 73.7 Å². The molecule has 0 aromatic heterocycles. The molecule has 3 aliphatic rings. The van der Waals surface area contributed by atoms with Crippen molar-refractivity contribution in [1.29, 1.82) is 0 Å². The second kappa shape index (κ2) is 16.7. The van der Waals surface area contributed by atoms with Crippen molar-refractivity contribution in [2.45, 2.75) is 76.2 Å². The first-order valence-electron chi connectivity index (χ1n) is 17.7. The van der Waals surface area contributed by atoms with Gasteiger partial charge in [-0.25, -0.2) is 9.59 Å².